The molecule has 2 aromatic rings. The Morgan fingerprint density at radius 1 is 1.52 bits per heavy atom. The van der Waals surface area contributed by atoms with Crippen molar-refractivity contribution in [3.05, 3.63) is 17.5 Å². The Bertz CT molecular complexity index is 656. The Kier molecular flexibility index (Phi) is 5.34. The fourth-order valence-electron chi connectivity index (χ4n) is 2.53. The lowest BCUT2D eigenvalue weighted by atomic mass is 10.3. The molecule has 3 heterocycles. The highest BCUT2D eigenvalue weighted by Gasteiger charge is 2.22. The van der Waals surface area contributed by atoms with Crippen molar-refractivity contribution in [2.24, 2.45) is 0 Å². The van der Waals surface area contributed by atoms with Crippen LogP contribution in [0.2, 0.25) is 0 Å². The van der Waals surface area contributed by atoms with Crippen LogP contribution in [-0.2, 0) is 16.1 Å². The number of carbonyl (C=O) groups is 1. The SMILES string of the molecule is CCn1c(SCC(=O)N2CCOC(C)C2)nnc1-c1cccs1. The molecule has 1 fully saturated rings. The number of morpholine rings is 1. The van der Waals surface area contributed by atoms with Crippen LogP contribution in [0.5, 0.6) is 0 Å². The van der Waals surface area contributed by atoms with Crippen LogP contribution < -0.4 is 0 Å². The summed E-state index contributed by atoms with van der Waals surface area (Å²) < 4.78 is 7.54. The van der Waals surface area contributed by atoms with Gasteiger partial charge in [-0.25, -0.2) is 0 Å². The van der Waals surface area contributed by atoms with E-state index in [-0.39, 0.29) is 12.0 Å². The topological polar surface area (TPSA) is 60.2 Å². The highest BCUT2D eigenvalue weighted by molar-refractivity contribution is 7.99. The van der Waals surface area contributed by atoms with Gasteiger partial charge in [0.25, 0.3) is 0 Å². The molecule has 0 aliphatic carbocycles. The number of hydrogen-bond donors (Lipinski definition) is 0. The molecule has 23 heavy (non-hydrogen) atoms. The molecule has 1 aliphatic heterocycles. The third-order valence-electron chi connectivity index (χ3n) is 3.69. The van der Waals surface area contributed by atoms with Crippen LogP contribution in [0.1, 0.15) is 13.8 Å². The molecule has 8 heteroatoms. The summed E-state index contributed by atoms with van der Waals surface area (Å²) in [5.41, 5.74) is 0. The second-order valence-electron chi connectivity index (χ2n) is 5.34. The van der Waals surface area contributed by atoms with E-state index in [0.717, 1.165) is 22.4 Å². The molecule has 0 aromatic carbocycles. The van der Waals surface area contributed by atoms with Gasteiger partial charge >= 0.3 is 0 Å². The summed E-state index contributed by atoms with van der Waals surface area (Å²) in [6.45, 7) is 6.80. The molecule has 0 N–H and O–H groups in total. The Labute approximate surface area is 143 Å². The van der Waals surface area contributed by atoms with Crippen molar-refractivity contribution in [3.63, 3.8) is 0 Å². The van der Waals surface area contributed by atoms with Crippen LogP contribution in [-0.4, -0.2) is 57.1 Å². The molecule has 0 bridgehead atoms. The van der Waals surface area contributed by atoms with E-state index in [1.807, 2.05) is 29.3 Å². The maximum atomic E-state index is 12.3. The average Bonchev–Trinajstić information content (AvgIpc) is 3.21. The van der Waals surface area contributed by atoms with Gasteiger partial charge in [0.05, 0.1) is 23.3 Å². The third-order valence-corrected chi connectivity index (χ3v) is 5.51. The zero-order chi connectivity index (χ0) is 16.2. The summed E-state index contributed by atoms with van der Waals surface area (Å²) in [5.74, 6) is 1.39. The van der Waals surface area contributed by atoms with Gasteiger partial charge in [-0.2, -0.15) is 0 Å². The van der Waals surface area contributed by atoms with Gasteiger partial charge in [0.15, 0.2) is 11.0 Å². The van der Waals surface area contributed by atoms with Crippen LogP contribution >= 0.6 is 23.1 Å². The molecule has 3 rings (SSSR count). The zero-order valence-corrected chi connectivity index (χ0v) is 14.9. The molecule has 1 saturated heterocycles. The number of ether oxygens (including phenoxy) is 1. The first-order valence-corrected chi connectivity index (χ1v) is 9.54. The van der Waals surface area contributed by atoms with E-state index >= 15 is 0 Å². The van der Waals surface area contributed by atoms with E-state index in [1.54, 1.807) is 11.3 Å². The number of amides is 1. The molecule has 0 radical (unpaired) electrons. The maximum absolute atomic E-state index is 12.3. The molecule has 2 aromatic heterocycles. The molecular weight excluding hydrogens is 332 g/mol. The van der Waals surface area contributed by atoms with Crippen molar-refractivity contribution in [2.45, 2.75) is 31.7 Å². The van der Waals surface area contributed by atoms with Crippen molar-refractivity contribution < 1.29 is 9.53 Å². The fraction of sp³-hybridized carbons (Fsp3) is 0.533. The van der Waals surface area contributed by atoms with Gasteiger partial charge < -0.3 is 14.2 Å². The number of aromatic nitrogens is 3. The van der Waals surface area contributed by atoms with Gasteiger partial charge in [-0.15, -0.1) is 21.5 Å². The van der Waals surface area contributed by atoms with Gasteiger partial charge in [0.2, 0.25) is 5.91 Å². The van der Waals surface area contributed by atoms with Gasteiger partial charge in [0.1, 0.15) is 0 Å². The lowest BCUT2D eigenvalue weighted by molar-refractivity contribution is -0.135. The first kappa shape index (κ1) is 16.5. The summed E-state index contributed by atoms with van der Waals surface area (Å²) in [4.78, 5) is 15.3. The molecule has 1 aliphatic rings. The van der Waals surface area contributed by atoms with E-state index in [4.69, 9.17) is 4.74 Å². The lowest BCUT2D eigenvalue weighted by Crippen LogP contribution is -2.45. The van der Waals surface area contributed by atoms with E-state index in [2.05, 4.69) is 21.7 Å². The molecule has 6 nitrogen and oxygen atoms in total. The Balaban J connectivity index is 1.65. The lowest BCUT2D eigenvalue weighted by Gasteiger charge is -2.31. The Morgan fingerprint density at radius 2 is 2.39 bits per heavy atom. The highest BCUT2D eigenvalue weighted by Crippen LogP contribution is 2.27. The largest absolute Gasteiger partial charge is 0.375 e. The van der Waals surface area contributed by atoms with Crippen LogP contribution in [0.4, 0.5) is 0 Å². The Morgan fingerprint density at radius 3 is 3.09 bits per heavy atom. The molecule has 0 spiro atoms. The standard InChI is InChI=1S/C15H20N4O2S2/c1-3-19-14(12-5-4-8-22-12)16-17-15(19)23-10-13(20)18-6-7-21-11(2)9-18/h4-5,8,11H,3,6-7,9-10H2,1-2H3. The average molecular weight is 352 g/mol. The monoisotopic (exact) mass is 352 g/mol. The van der Waals surface area contributed by atoms with Crippen molar-refractivity contribution in [2.75, 3.05) is 25.4 Å². The molecule has 0 saturated carbocycles. The predicted molar refractivity (Wildman–Crippen MR) is 91.7 cm³/mol. The van der Waals surface area contributed by atoms with Crippen LogP contribution in [0, 0.1) is 0 Å². The first-order chi connectivity index (χ1) is 11.2. The van der Waals surface area contributed by atoms with Gasteiger partial charge in [-0.05, 0) is 25.3 Å². The molecule has 1 amide bonds. The van der Waals surface area contributed by atoms with Crippen molar-refractivity contribution in [1.82, 2.24) is 19.7 Å². The van der Waals surface area contributed by atoms with Crippen molar-refractivity contribution in [1.29, 1.82) is 0 Å². The number of hydrogen-bond acceptors (Lipinski definition) is 6. The van der Waals surface area contributed by atoms with Crippen molar-refractivity contribution >= 4 is 29.0 Å². The maximum Gasteiger partial charge on any atom is 0.233 e. The van der Waals surface area contributed by atoms with E-state index in [1.165, 1.54) is 11.8 Å². The van der Waals surface area contributed by atoms with Gasteiger partial charge in [-0.1, -0.05) is 17.8 Å². The van der Waals surface area contributed by atoms with Crippen LogP contribution in [0.15, 0.2) is 22.7 Å². The second-order valence-corrected chi connectivity index (χ2v) is 7.23. The smallest absolute Gasteiger partial charge is 0.233 e. The minimum atomic E-state index is 0.113. The number of carbonyl (C=O) groups excluding carboxylic acids is 1. The van der Waals surface area contributed by atoms with Gasteiger partial charge in [0, 0.05) is 19.6 Å². The summed E-state index contributed by atoms with van der Waals surface area (Å²) in [6, 6.07) is 4.04. The summed E-state index contributed by atoms with van der Waals surface area (Å²) in [6.07, 6.45) is 0.113. The van der Waals surface area contributed by atoms with E-state index in [9.17, 15) is 4.79 Å². The van der Waals surface area contributed by atoms with Crippen LogP contribution in [0.25, 0.3) is 10.7 Å². The molecule has 1 atom stereocenters. The van der Waals surface area contributed by atoms with Crippen molar-refractivity contribution in [3.8, 4) is 10.7 Å². The number of thioether (sulfide) groups is 1. The van der Waals surface area contributed by atoms with Crippen LogP contribution in [0.3, 0.4) is 0 Å². The summed E-state index contributed by atoms with van der Waals surface area (Å²) in [5, 5.41) is 11.4. The predicted octanol–water partition coefficient (Wildman–Crippen LogP) is 2.37. The Hall–Kier alpha value is -1.38. The summed E-state index contributed by atoms with van der Waals surface area (Å²) in [7, 11) is 0. The number of thiophene rings is 1. The second kappa shape index (κ2) is 7.46. The number of nitrogens with zero attached hydrogens (tertiary/aromatic N) is 4. The number of rotatable bonds is 5. The first-order valence-electron chi connectivity index (χ1n) is 7.68. The minimum absolute atomic E-state index is 0.113. The highest BCUT2D eigenvalue weighted by atomic mass is 32.2. The quantitative estimate of drug-likeness (QED) is 0.773. The fourth-order valence-corrected chi connectivity index (χ4v) is 4.15. The molecule has 1 unspecified atom stereocenters. The van der Waals surface area contributed by atoms with E-state index in [0.29, 0.717) is 25.4 Å². The van der Waals surface area contributed by atoms with E-state index < -0.39 is 0 Å². The molecular formula is C15H20N4O2S2. The third kappa shape index (κ3) is 3.76. The normalized spacial score (nSPS) is 18.3. The molecule has 124 valence electrons. The summed E-state index contributed by atoms with van der Waals surface area (Å²) >= 11 is 3.10. The minimum Gasteiger partial charge on any atom is -0.375 e. The van der Waals surface area contributed by atoms with Gasteiger partial charge in [-0.3, -0.25) is 4.79 Å². The zero-order valence-electron chi connectivity index (χ0n) is 13.3.